The van der Waals surface area contributed by atoms with Crippen molar-refractivity contribution in [1.82, 2.24) is 5.32 Å². The lowest BCUT2D eigenvalue weighted by molar-refractivity contribution is -0.125. The molecule has 94 valence electrons. The Balaban J connectivity index is 2.45. The van der Waals surface area contributed by atoms with Gasteiger partial charge in [-0.15, -0.1) is 0 Å². The summed E-state index contributed by atoms with van der Waals surface area (Å²) in [5.41, 5.74) is 0. The first-order valence-electron chi connectivity index (χ1n) is 6.60. The van der Waals surface area contributed by atoms with E-state index in [-0.39, 0.29) is 17.7 Å². The van der Waals surface area contributed by atoms with E-state index in [0.29, 0.717) is 13.0 Å². The Kier molecular flexibility index (Phi) is 5.96. The van der Waals surface area contributed by atoms with E-state index in [1.807, 2.05) is 0 Å². The van der Waals surface area contributed by atoms with Gasteiger partial charge in [-0.1, -0.05) is 33.1 Å². The Morgan fingerprint density at radius 2 is 2.12 bits per heavy atom. The zero-order valence-corrected chi connectivity index (χ0v) is 10.5. The van der Waals surface area contributed by atoms with E-state index < -0.39 is 6.17 Å². The summed E-state index contributed by atoms with van der Waals surface area (Å²) in [6.45, 7) is 4.59. The lowest BCUT2D eigenvalue weighted by atomic mass is 9.88. The third-order valence-corrected chi connectivity index (χ3v) is 3.37. The molecule has 1 fully saturated rings. The van der Waals surface area contributed by atoms with Gasteiger partial charge in [0.25, 0.3) is 0 Å². The number of carbonyl (C=O) groups excluding carboxylic acids is 1. The summed E-state index contributed by atoms with van der Waals surface area (Å²) < 4.78 is 13.0. The topological polar surface area (TPSA) is 29.1 Å². The molecule has 1 aliphatic heterocycles. The third kappa shape index (κ3) is 3.85. The highest BCUT2D eigenvalue weighted by Crippen LogP contribution is 2.21. The van der Waals surface area contributed by atoms with E-state index in [2.05, 4.69) is 19.2 Å². The molecule has 0 amide bonds. The Labute approximate surface area is 98.0 Å². The quantitative estimate of drug-likeness (QED) is 0.727. The van der Waals surface area contributed by atoms with Crippen LogP contribution in [0.2, 0.25) is 0 Å². The highest BCUT2D eigenvalue weighted by molar-refractivity contribution is 5.86. The highest BCUT2D eigenvalue weighted by atomic mass is 19.1. The summed E-state index contributed by atoms with van der Waals surface area (Å²) in [6, 6.07) is -0.219. The first-order valence-corrected chi connectivity index (χ1v) is 6.60. The van der Waals surface area contributed by atoms with E-state index in [9.17, 15) is 9.18 Å². The third-order valence-electron chi connectivity index (χ3n) is 3.37. The maximum atomic E-state index is 13.0. The van der Waals surface area contributed by atoms with Crippen LogP contribution in [-0.2, 0) is 4.79 Å². The first-order chi connectivity index (χ1) is 7.69. The second-order valence-electron chi connectivity index (χ2n) is 4.82. The number of Topliss-reactive ketones (excluding diaryl/α,β-unsaturated/α-hetero) is 1. The van der Waals surface area contributed by atoms with Gasteiger partial charge in [-0.25, -0.2) is 4.39 Å². The zero-order valence-electron chi connectivity index (χ0n) is 10.5. The van der Waals surface area contributed by atoms with E-state index >= 15 is 0 Å². The first kappa shape index (κ1) is 13.6. The van der Waals surface area contributed by atoms with Gasteiger partial charge in [0, 0.05) is 18.9 Å². The largest absolute Gasteiger partial charge is 0.304 e. The maximum absolute atomic E-state index is 13.0. The molecule has 1 unspecified atom stereocenters. The fraction of sp³-hybridized carbons (Fsp3) is 0.923. The number of carbonyl (C=O) groups is 1. The van der Waals surface area contributed by atoms with Crippen molar-refractivity contribution in [1.29, 1.82) is 0 Å². The Morgan fingerprint density at radius 3 is 2.62 bits per heavy atom. The molecule has 2 nitrogen and oxygen atoms in total. The fourth-order valence-electron chi connectivity index (χ4n) is 2.42. The second-order valence-corrected chi connectivity index (χ2v) is 4.82. The average Bonchev–Trinajstić information content (AvgIpc) is 2.70. The molecule has 16 heavy (non-hydrogen) atoms. The molecule has 3 heteroatoms. The maximum Gasteiger partial charge on any atom is 0.152 e. The molecule has 0 aromatic rings. The molecule has 0 spiro atoms. The minimum absolute atomic E-state index is 0.146. The van der Waals surface area contributed by atoms with E-state index in [1.54, 1.807) is 0 Å². The molecule has 1 N–H and O–H groups in total. The molecule has 0 bridgehead atoms. The Morgan fingerprint density at radius 1 is 1.38 bits per heavy atom. The van der Waals surface area contributed by atoms with Crippen LogP contribution in [0.4, 0.5) is 4.39 Å². The molecule has 0 aromatic carbocycles. The minimum atomic E-state index is -0.831. The fourth-order valence-corrected chi connectivity index (χ4v) is 2.42. The second kappa shape index (κ2) is 7.00. The number of ketones is 1. The van der Waals surface area contributed by atoms with Crippen molar-refractivity contribution >= 4 is 5.78 Å². The van der Waals surface area contributed by atoms with Crippen molar-refractivity contribution in [3.8, 4) is 0 Å². The summed E-state index contributed by atoms with van der Waals surface area (Å²) in [5.74, 6) is 0.392. The van der Waals surface area contributed by atoms with Crippen LogP contribution in [0, 0.1) is 5.92 Å². The molecule has 0 aliphatic carbocycles. The van der Waals surface area contributed by atoms with Crippen LogP contribution >= 0.6 is 0 Å². The number of nitrogens with one attached hydrogen (secondary N) is 1. The Bertz CT molecular complexity index is 220. The van der Waals surface area contributed by atoms with Crippen molar-refractivity contribution in [3.05, 3.63) is 0 Å². The van der Waals surface area contributed by atoms with Gasteiger partial charge >= 0.3 is 0 Å². The van der Waals surface area contributed by atoms with Gasteiger partial charge in [0.2, 0.25) is 0 Å². The number of unbranched alkanes of at least 4 members (excludes halogenated alkanes) is 1. The normalized spacial score (nSPS) is 26.9. The molecule has 0 saturated carbocycles. The van der Waals surface area contributed by atoms with Crippen molar-refractivity contribution in [2.45, 2.75) is 64.6 Å². The monoisotopic (exact) mass is 229 g/mol. The van der Waals surface area contributed by atoms with Crippen molar-refractivity contribution in [2.24, 2.45) is 5.92 Å². The number of hydrogen-bond donors (Lipinski definition) is 1. The van der Waals surface area contributed by atoms with Gasteiger partial charge in [-0.05, 0) is 12.8 Å². The van der Waals surface area contributed by atoms with E-state index in [1.165, 1.54) is 0 Å². The zero-order chi connectivity index (χ0) is 12.0. The van der Waals surface area contributed by atoms with Crippen LogP contribution in [0.1, 0.15) is 52.4 Å². The van der Waals surface area contributed by atoms with Crippen LogP contribution < -0.4 is 5.32 Å². The van der Waals surface area contributed by atoms with Gasteiger partial charge in [-0.3, -0.25) is 4.79 Å². The summed E-state index contributed by atoms with van der Waals surface area (Å²) in [6.07, 6.45) is 4.73. The van der Waals surface area contributed by atoms with Crippen LogP contribution in [0.25, 0.3) is 0 Å². The van der Waals surface area contributed by atoms with Crippen molar-refractivity contribution in [2.75, 3.05) is 6.54 Å². The molecule has 1 aliphatic rings. The molecule has 0 radical (unpaired) electrons. The van der Waals surface area contributed by atoms with Gasteiger partial charge < -0.3 is 5.32 Å². The SMILES string of the molecule is CCCCC(CCC)C(=O)[C@@H]1C[C@@H](F)CN1. The molecule has 1 rings (SSSR count). The number of rotatable bonds is 7. The highest BCUT2D eigenvalue weighted by Gasteiger charge is 2.32. The van der Waals surface area contributed by atoms with Crippen LogP contribution in [-0.4, -0.2) is 24.5 Å². The average molecular weight is 229 g/mol. The predicted molar refractivity (Wildman–Crippen MR) is 64.2 cm³/mol. The van der Waals surface area contributed by atoms with E-state index in [0.717, 1.165) is 32.1 Å². The standard InChI is InChI=1S/C13H24FNO/c1-3-5-7-10(6-4-2)13(16)12-8-11(14)9-15-12/h10-12,15H,3-9H2,1-2H3/t10?,11-,12+/m1/s1. The molecule has 0 aromatic heterocycles. The summed E-state index contributed by atoms with van der Waals surface area (Å²) in [4.78, 5) is 12.2. The van der Waals surface area contributed by atoms with Crippen LogP contribution in [0.3, 0.4) is 0 Å². The van der Waals surface area contributed by atoms with Crippen molar-refractivity contribution in [3.63, 3.8) is 0 Å². The summed E-state index contributed by atoms with van der Waals surface area (Å²) >= 11 is 0. The van der Waals surface area contributed by atoms with Crippen LogP contribution in [0.5, 0.6) is 0 Å². The smallest absolute Gasteiger partial charge is 0.152 e. The van der Waals surface area contributed by atoms with E-state index in [4.69, 9.17) is 0 Å². The van der Waals surface area contributed by atoms with Gasteiger partial charge in [0.05, 0.1) is 6.04 Å². The molecule has 1 saturated heterocycles. The molecule has 3 atom stereocenters. The predicted octanol–water partition coefficient (Wildman–Crippen LogP) is 2.86. The minimum Gasteiger partial charge on any atom is -0.304 e. The molecular formula is C13H24FNO. The number of hydrogen-bond acceptors (Lipinski definition) is 2. The van der Waals surface area contributed by atoms with Gasteiger partial charge in [0.15, 0.2) is 5.78 Å². The molecular weight excluding hydrogens is 205 g/mol. The Hall–Kier alpha value is -0.440. The molecule has 1 heterocycles. The summed E-state index contributed by atoms with van der Waals surface area (Å²) in [5, 5.41) is 3.00. The van der Waals surface area contributed by atoms with Crippen molar-refractivity contribution < 1.29 is 9.18 Å². The van der Waals surface area contributed by atoms with Crippen LogP contribution in [0.15, 0.2) is 0 Å². The number of alkyl halides is 1. The summed E-state index contributed by atoms with van der Waals surface area (Å²) in [7, 11) is 0. The lowest BCUT2D eigenvalue weighted by Gasteiger charge is -2.18. The van der Waals surface area contributed by atoms with Gasteiger partial charge in [0.1, 0.15) is 6.17 Å². The van der Waals surface area contributed by atoms with Gasteiger partial charge in [-0.2, -0.15) is 0 Å². The lowest BCUT2D eigenvalue weighted by Crippen LogP contribution is -2.35. The number of halogens is 1.